The van der Waals surface area contributed by atoms with Gasteiger partial charge in [0.15, 0.2) is 12.4 Å². The molecule has 0 radical (unpaired) electrons. The maximum Gasteiger partial charge on any atom is 0.264 e. The summed E-state index contributed by atoms with van der Waals surface area (Å²) in [5.41, 5.74) is 0.774. The van der Waals surface area contributed by atoms with Crippen molar-refractivity contribution in [3.63, 3.8) is 0 Å². The number of ether oxygens (including phenoxy) is 1. The van der Waals surface area contributed by atoms with Crippen LogP contribution in [0.25, 0.3) is 0 Å². The fraction of sp³-hybridized carbons (Fsp3) is 0.500. The zero-order valence-electron chi connectivity index (χ0n) is 14.5. The van der Waals surface area contributed by atoms with E-state index in [1.807, 2.05) is 24.3 Å². The number of carbonyl (C=O) groups excluding carboxylic acids is 1. The number of aryl methyl sites for hydroxylation is 1. The first-order valence-electron chi connectivity index (χ1n) is 8.71. The molecule has 1 aliphatic heterocycles. The van der Waals surface area contributed by atoms with Gasteiger partial charge in [0.2, 0.25) is 5.91 Å². The van der Waals surface area contributed by atoms with Gasteiger partial charge in [0.1, 0.15) is 5.75 Å². The van der Waals surface area contributed by atoms with Crippen molar-refractivity contribution in [3.05, 3.63) is 36.0 Å². The Morgan fingerprint density at radius 1 is 1.32 bits per heavy atom. The van der Waals surface area contributed by atoms with Crippen LogP contribution in [0.1, 0.15) is 37.4 Å². The second kappa shape index (κ2) is 8.62. The SMILES string of the molecule is Cc1noc(COc2ccc(NC(=O)CCC3CCNCC3)cc2)n1. The molecule has 134 valence electrons. The third-order valence-electron chi connectivity index (χ3n) is 4.31. The van der Waals surface area contributed by atoms with Crippen LogP contribution in [0.15, 0.2) is 28.8 Å². The highest BCUT2D eigenvalue weighted by Gasteiger charge is 2.14. The summed E-state index contributed by atoms with van der Waals surface area (Å²) in [4.78, 5) is 16.1. The Hall–Kier alpha value is -2.41. The number of anilines is 1. The standard InChI is InChI=1S/C18H24N4O3/c1-13-20-18(25-22-13)12-24-16-5-3-15(4-6-16)21-17(23)7-2-14-8-10-19-11-9-14/h3-6,14,19H,2,7-12H2,1H3,(H,21,23). The van der Waals surface area contributed by atoms with Gasteiger partial charge in [-0.1, -0.05) is 5.16 Å². The monoisotopic (exact) mass is 344 g/mol. The van der Waals surface area contributed by atoms with Gasteiger partial charge in [-0.25, -0.2) is 0 Å². The van der Waals surface area contributed by atoms with Crippen LogP contribution in [0, 0.1) is 12.8 Å². The van der Waals surface area contributed by atoms with Crippen LogP contribution in [0.5, 0.6) is 5.75 Å². The first kappa shape index (κ1) is 17.4. The van der Waals surface area contributed by atoms with Crippen LogP contribution in [0.4, 0.5) is 5.69 Å². The van der Waals surface area contributed by atoms with Gasteiger partial charge in [0.25, 0.3) is 5.89 Å². The largest absolute Gasteiger partial charge is 0.484 e. The van der Waals surface area contributed by atoms with Gasteiger partial charge in [0, 0.05) is 12.1 Å². The number of hydrogen-bond donors (Lipinski definition) is 2. The number of piperidine rings is 1. The third-order valence-corrected chi connectivity index (χ3v) is 4.31. The highest BCUT2D eigenvalue weighted by Crippen LogP contribution is 2.20. The van der Waals surface area contributed by atoms with E-state index >= 15 is 0 Å². The minimum atomic E-state index is 0.0635. The average molecular weight is 344 g/mol. The van der Waals surface area contributed by atoms with Crippen molar-refractivity contribution in [3.8, 4) is 5.75 Å². The number of nitrogens with one attached hydrogen (secondary N) is 2. The summed E-state index contributed by atoms with van der Waals surface area (Å²) in [6, 6.07) is 7.28. The van der Waals surface area contributed by atoms with Crippen molar-refractivity contribution in [1.82, 2.24) is 15.5 Å². The molecule has 0 aliphatic carbocycles. The third kappa shape index (κ3) is 5.56. The summed E-state index contributed by atoms with van der Waals surface area (Å²) in [6.07, 6.45) is 3.86. The zero-order chi connectivity index (χ0) is 17.5. The molecule has 1 saturated heterocycles. The lowest BCUT2D eigenvalue weighted by Gasteiger charge is -2.22. The molecule has 3 rings (SSSR count). The van der Waals surface area contributed by atoms with Crippen LogP contribution >= 0.6 is 0 Å². The molecule has 1 aromatic carbocycles. The van der Waals surface area contributed by atoms with Gasteiger partial charge in [-0.05, 0) is 69.5 Å². The van der Waals surface area contributed by atoms with Gasteiger partial charge >= 0.3 is 0 Å². The van der Waals surface area contributed by atoms with Crippen molar-refractivity contribution in [2.45, 2.75) is 39.2 Å². The molecule has 0 atom stereocenters. The minimum Gasteiger partial charge on any atom is -0.484 e. The van der Waals surface area contributed by atoms with Gasteiger partial charge in [-0.2, -0.15) is 4.98 Å². The van der Waals surface area contributed by atoms with E-state index in [1.165, 1.54) is 12.8 Å². The van der Waals surface area contributed by atoms with E-state index in [4.69, 9.17) is 9.26 Å². The Kier molecular flexibility index (Phi) is 6.00. The predicted molar refractivity (Wildman–Crippen MR) is 93.3 cm³/mol. The Labute approximate surface area is 147 Å². The first-order valence-corrected chi connectivity index (χ1v) is 8.71. The Balaban J connectivity index is 1.41. The van der Waals surface area contributed by atoms with E-state index < -0.39 is 0 Å². The molecular formula is C18H24N4O3. The summed E-state index contributed by atoms with van der Waals surface area (Å²) in [5, 5.41) is 9.99. The van der Waals surface area contributed by atoms with Crippen molar-refractivity contribution < 1.29 is 14.1 Å². The van der Waals surface area contributed by atoms with Crippen LogP contribution in [-0.2, 0) is 11.4 Å². The van der Waals surface area contributed by atoms with Crippen molar-refractivity contribution >= 4 is 11.6 Å². The quantitative estimate of drug-likeness (QED) is 0.803. The lowest BCUT2D eigenvalue weighted by molar-refractivity contribution is -0.116. The lowest BCUT2D eigenvalue weighted by atomic mass is 9.93. The average Bonchev–Trinajstić information content (AvgIpc) is 3.06. The van der Waals surface area contributed by atoms with E-state index in [0.717, 1.165) is 25.2 Å². The van der Waals surface area contributed by atoms with Crippen LogP contribution < -0.4 is 15.4 Å². The number of carbonyl (C=O) groups is 1. The van der Waals surface area contributed by atoms with E-state index in [9.17, 15) is 4.79 Å². The Morgan fingerprint density at radius 3 is 2.76 bits per heavy atom. The summed E-state index contributed by atoms with van der Waals surface area (Å²) >= 11 is 0. The minimum absolute atomic E-state index is 0.0635. The molecule has 1 fully saturated rings. The second-order valence-corrected chi connectivity index (χ2v) is 6.33. The number of benzene rings is 1. The fourth-order valence-corrected chi connectivity index (χ4v) is 2.91. The van der Waals surface area contributed by atoms with Gasteiger partial charge in [0.05, 0.1) is 0 Å². The Morgan fingerprint density at radius 2 is 2.08 bits per heavy atom. The predicted octanol–water partition coefficient (Wildman–Crippen LogP) is 2.68. The summed E-state index contributed by atoms with van der Waals surface area (Å²) in [7, 11) is 0. The number of nitrogens with zero attached hydrogens (tertiary/aromatic N) is 2. The molecule has 7 heteroatoms. The molecule has 2 heterocycles. The molecule has 0 spiro atoms. The van der Waals surface area contributed by atoms with E-state index in [0.29, 0.717) is 29.8 Å². The molecule has 1 amide bonds. The van der Waals surface area contributed by atoms with Crippen LogP contribution in [0.2, 0.25) is 0 Å². The first-order chi connectivity index (χ1) is 12.2. The maximum atomic E-state index is 12.1. The van der Waals surface area contributed by atoms with Crippen LogP contribution in [0.3, 0.4) is 0 Å². The number of rotatable bonds is 7. The van der Waals surface area contributed by atoms with Gasteiger partial charge in [-0.3, -0.25) is 4.79 Å². The molecule has 0 unspecified atom stereocenters. The molecular weight excluding hydrogens is 320 g/mol. The number of amides is 1. The Bertz CT molecular complexity index is 678. The van der Waals surface area contributed by atoms with Gasteiger partial charge in [-0.15, -0.1) is 0 Å². The molecule has 2 aromatic rings. The molecule has 0 bridgehead atoms. The summed E-state index contributed by atoms with van der Waals surface area (Å²) < 4.78 is 10.6. The normalized spacial score (nSPS) is 15.1. The molecule has 2 N–H and O–H groups in total. The molecule has 0 saturated carbocycles. The molecule has 7 nitrogen and oxygen atoms in total. The summed E-state index contributed by atoms with van der Waals surface area (Å²) in [6.45, 7) is 4.12. The van der Waals surface area contributed by atoms with Crippen molar-refractivity contribution in [2.24, 2.45) is 5.92 Å². The highest BCUT2D eigenvalue weighted by molar-refractivity contribution is 5.90. The van der Waals surface area contributed by atoms with Crippen molar-refractivity contribution in [1.29, 1.82) is 0 Å². The van der Waals surface area contributed by atoms with E-state index in [2.05, 4.69) is 20.8 Å². The fourth-order valence-electron chi connectivity index (χ4n) is 2.91. The van der Waals surface area contributed by atoms with E-state index in [-0.39, 0.29) is 12.5 Å². The lowest BCUT2D eigenvalue weighted by Crippen LogP contribution is -2.28. The van der Waals surface area contributed by atoms with Crippen molar-refractivity contribution in [2.75, 3.05) is 18.4 Å². The topological polar surface area (TPSA) is 89.3 Å². The summed E-state index contributed by atoms with van der Waals surface area (Å²) in [5.74, 6) is 2.43. The second-order valence-electron chi connectivity index (χ2n) is 6.33. The number of hydrogen-bond acceptors (Lipinski definition) is 6. The maximum absolute atomic E-state index is 12.1. The van der Waals surface area contributed by atoms with E-state index in [1.54, 1.807) is 6.92 Å². The smallest absolute Gasteiger partial charge is 0.264 e. The van der Waals surface area contributed by atoms with Crippen LogP contribution in [-0.4, -0.2) is 29.1 Å². The molecule has 25 heavy (non-hydrogen) atoms. The number of aromatic nitrogens is 2. The molecule has 1 aromatic heterocycles. The van der Waals surface area contributed by atoms with Gasteiger partial charge < -0.3 is 19.9 Å². The molecule has 1 aliphatic rings. The highest BCUT2D eigenvalue weighted by atomic mass is 16.5. The zero-order valence-corrected chi connectivity index (χ0v) is 14.5.